The molecule has 0 saturated heterocycles. The standard InChI is InChI=1S/C24H30O5S/c1-19-13-15-22(16-14-19)30(26,27)28-18-17-24(2,21-11-7-4-8-12-21)29-23(25)20-9-5-3-6-10-20/h3,5-6,9-10,13-16,21H,4,7-8,11-12,17-18H2,1-2H3. The van der Waals surface area contributed by atoms with Gasteiger partial charge in [-0.15, -0.1) is 0 Å². The zero-order valence-corrected chi connectivity index (χ0v) is 18.5. The first-order valence-electron chi connectivity index (χ1n) is 10.5. The van der Waals surface area contributed by atoms with Crippen LogP contribution in [-0.4, -0.2) is 26.6 Å². The monoisotopic (exact) mass is 430 g/mol. The summed E-state index contributed by atoms with van der Waals surface area (Å²) < 4.78 is 36.3. The molecule has 2 aromatic carbocycles. The second-order valence-electron chi connectivity index (χ2n) is 8.24. The van der Waals surface area contributed by atoms with Gasteiger partial charge in [-0.05, 0) is 56.9 Å². The van der Waals surface area contributed by atoms with Crippen LogP contribution >= 0.6 is 0 Å². The molecule has 6 heteroatoms. The Labute approximate surface area is 179 Å². The Morgan fingerprint density at radius 1 is 1.00 bits per heavy atom. The average Bonchev–Trinajstić information content (AvgIpc) is 2.75. The minimum absolute atomic E-state index is 0.0364. The van der Waals surface area contributed by atoms with Crippen LogP contribution in [0.3, 0.4) is 0 Å². The zero-order valence-electron chi connectivity index (χ0n) is 17.7. The number of esters is 1. The van der Waals surface area contributed by atoms with Crippen LogP contribution < -0.4 is 0 Å². The van der Waals surface area contributed by atoms with Gasteiger partial charge in [-0.1, -0.05) is 55.2 Å². The Kier molecular flexibility index (Phi) is 7.32. The predicted octanol–water partition coefficient (Wildman–Crippen LogP) is 5.29. The van der Waals surface area contributed by atoms with Gasteiger partial charge in [-0.3, -0.25) is 4.18 Å². The highest BCUT2D eigenvalue weighted by molar-refractivity contribution is 7.86. The third-order valence-corrected chi connectivity index (χ3v) is 7.28. The van der Waals surface area contributed by atoms with E-state index in [4.69, 9.17) is 8.92 Å². The summed E-state index contributed by atoms with van der Waals surface area (Å²) in [6.45, 7) is 3.77. The van der Waals surface area contributed by atoms with Gasteiger partial charge in [0.25, 0.3) is 10.1 Å². The lowest BCUT2D eigenvalue weighted by Gasteiger charge is -2.39. The van der Waals surface area contributed by atoms with Crippen LogP contribution in [0.5, 0.6) is 0 Å². The first-order chi connectivity index (χ1) is 14.3. The maximum Gasteiger partial charge on any atom is 0.338 e. The van der Waals surface area contributed by atoms with Gasteiger partial charge in [-0.2, -0.15) is 8.42 Å². The van der Waals surface area contributed by atoms with Gasteiger partial charge < -0.3 is 4.74 Å². The van der Waals surface area contributed by atoms with Gasteiger partial charge in [0, 0.05) is 6.42 Å². The summed E-state index contributed by atoms with van der Waals surface area (Å²) in [6, 6.07) is 15.5. The van der Waals surface area contributed by atoms with Crippen molar-refractivity contribution < 1.29 is 22.1 Å². The van der Waals surface area contributed by atoms with E-state index in [1.807, 2.05) is 19.9 Å². The van der Waals surface area contributed by atoms with Gasteiger partial charge >= 0.3 is 5.97 Å². The number of rotatable bonds is 8. The van der Waals surface area contributed by atoms with Crippen molar-refractivity contribution in [2.45, 2.75) is 62.9 Å². The summed E-state index contributed by atoms with van der Waals surface area (Å²) in [5, 5.41) is 0. The molecule has 1 fully saturated rings. The molecular formula is C24H30O5S. The molecule has 1 unspecified atom stereocenters. The third-order valence-electron chi connectivity index (χ3n) is 5.95. The fourth-order valence-electron chi connectivity index (χ4n) is 4.02. The summed E-state index contributed by atoms with van der Waals surface area (Å²) in [4.78, 5) is 12.9. The number of carbonyl (C=O) groups excluding carboxylic acids is 1. The summed E-state index contributed by atoms with van der Waals surface area (Å²) >= 11 is 0. The highest BCUT2D eigenvalue weighted by Crippen LogP contribution is 2.38. The number of aryl methyl sites for hydroxylation is 1. The lowest BCUT2D eigenvalue weighted by Crippen LogP contribution is -2.42. The van der Waals surface area contributed by atoms with Crippen molar-refractivity contribution >= 4 is 16.1 Å². The minimum atomic E-state index is -3.85. The molecule has 1 saturated carbocycles. The van der Waals surface area contributed by atoms with E-state index in [9.17, 15) is 13.2 Å². The highest BCUT2D eigenvalue weighted by atomic mass is 32.2. The molecule has 1 aliphatic carbocycles. The largest absolute Gasteiger partial charge is 0.455 e. The van der Waals surface area contributed by atoms with E-state index in [0.717, 1.165) is 31.2 Å². The molecule has 2 aromatic rings. The Balaban J connectivity index is 1.70. The number of benzene rings is 2. The first kappa shape index (κ1) is 22.5. The van der Waals surface area contributed by atoms with Gasteiger partial charge in [0.2, 0.25) is 0 Å². The lowest BCUT2D eigenvalue weighted by atomic mass is 9.76. The molecule has 0 aromatic heterocycles. The van der Waals surface area contributed by atoms with E-state index in [2.05, 4.69) is 0 Å². The van der Waals surface area contributed by atoms with Crippen molar-refractivity contribution in [2.75, 3.05) is 6.61 Å². The fraction of sp³-hybridized carbons (Fsp3) is 0.458. The maximum absolute atomic E-state index is 12.7. The zero-order chi connectivity index (χ0) is 21.6. The van der Waals surface area contributed by atoms with E-state index in [1.54, 1.807) is 48.5 Å². The van der Waals surface area contributed by atoms with Crippen LogP contribution in [0, 0.1) is 12.8 Å². The van der Waals surface area contributed by atoms with Crippen LogP contribution in [0.4, 0.5) is 0 Å². The second-order valence-corrected chi connectivity index (χ2v) is 9.86. The molecule has 3 rings (SSSR count). The Hall–Kier alpha value is -2.18. The van der Waals surface area contributed by atoms with E-state index in [-0.39, 0.29) is 23.4 Å². The van der Waals surface area contributed by atoms with Crippen LogP contribution in [0.25, 0.3) is 0 Å². The Morgan fingerprint density at radius 2 is 1.63 bits per heavy atom. The Bertz CT molecular complexity index is 931. The van der Waals surface area contributed by atoms with E-state index in [1.165, 1.54) is 6.42 Å². The number of hydrogen-bond acceptors (Lipinski definition) is 5. The van der Waals surface area contributed by atoms with Gasteiger partial charge in [-0.25, -0.2) is 4.79 Å². The molecule has 0 radical (unpaired) electrons. The van der Waals surface area contributed by atoms with Crippen LogP contribution in [0.2, 0.25) is 0 Å². The first-order valence-corrected chi connectivity index (χ1v) is 12.0. The summed E-state index contributed by atoms with van der Waals surface area (Å²) in [7, 11) is -3.85. The molecule has 0 amide bonds. The maximum atomic E-state index is 12.7. The van der Waals surface area contributed by atoms with Crippen molar-refractivity contribution in [1.82, 2.24) is 0 Å². The van der Waals surface area contributed by atoms with Crippen LogP contribution in [0.1, 0.15) is 61.4 Å². The minimum Gasteiger partial charge on any atom is -0.455 e. The molecule has 0 heterocycles. The van der Waals surface area contributed by atoms with Crippen LogP contribution in [-0.2, 0) is 19.0 Å². The van der Waals surface area contributed by atoms with Crippen LogP contribution in [0.15, 0.2) is 59.5 Å². The van der Waals surface area contributed by atoms with Gasteiger partial charge in [0.1, 0.15) is 5.60 Å². The van der Waals surface area contributed by atoms with Gasteiger partial charge in [0.15, 0.2) is 0 Å². The Morgan fingerprint density at radius 3 is 2.27 bits per heavy atom. The average molecular weight is 431 g/mol. The predicted molar refractivity (Wildman–Crippen MR) is 116 cm³/mol. The van der Waals surface area contributed by atoms with Gasteiger partial charge in [0.05, 0.1) is 17.1 Å². The third kappa shape index (κ3) is 5.70. The molecule has 0 bridgehead atoms. The second kappa shape index (κ2) is 9.75. The van der Waals surface area contributed by atoms with Crippen molar-refractivity contribution in [2.24, 2.45) is 5.92 Å². The molecule has 1 aliphatic rings. The normalized spacial score (nSPS) is 17.3. The van der Waals surface area contributed by atoms with Crippen molar-refractivity contribution in [3.63, 3.8) is 0 Å². The molecule has 0 aliphatic heterocycles. The molecule has 5 nitrogen and oxygen atoms in total. The fourth-order valence-corrected chi connectivity index (χ4v) is 4.93. The smallest absolute Gasteiger partial charge is 0.338 e. The quantitative estimate of drug-likeness (QED) is 0.421. The highest BCUT2D eigenvalue weighted by Gasteiger charge is 2.39. The summed E-state index contributed by atoms with van der Waals surface area (Å²) in [5.41, 5.74) is 0.690. The number of hydrogen-bond donors (Lipinski definition) is 0. The van der Waals surface area contributed by atoms with E-state index >= 15 is 0 Å². The van der Waals surface area contributed by atoms with E-state index < -0.39 is 15.7 Å². The molecule has 0 N–H and O–H groups in total. The number of ether oxygens (including phenoxy) is 1. The molecule has 30 heavy (non-hydrogen) atoms. The van der Waals surface area contributed by atoms with E-state index in [0.29, 0.717) is 12.0 Å². The van der Waals surface area contributed by atoms with Crippen molar-refractivity contribution in [3.05, 3.63) is 65.7 Å². The topological polar surface area (TPSA) is 69.7 Å². The summed E-state index contributed by atoms with van der Waals surface area (Å²) in [5.74, 6) is -0.199. The summed E-state index contributed by atoms with van der Waals surface area (Å²) in [6.07, 6.45) is 5.60. The molecule has 162 valence electrons. The molecular weight excluding hydrogens is 400 g/mol. The molecule has 1 atom stereocenters. The molecule has 0 spiro atoms. The van der Waals surface area contributed by atoms with Crippen molar-refractivity contribution in [1.29, 1.82) is 0 Å². The number of carbonyl (C=O) groups is 1. The SMILES string of the molecule is Cc1ccc(S(=O)(=O)OCCC(C)(OC(=O)c2ccccc2)C2CCCCC2)cc1. The lowest BCUT2D eigenvalue weighted by molar-refractivity contribution is -0.0592. The van der Waals surface area contributed by atoms with Crippen molar-refractivity contribution in [3.8, 4) is 0 Å².